The number of hydrogen-bond acceptors (Lipinski definition) is 6. The van der Waals surface area contributed by atoms with Gasteiger partial charge in [0.25, 0.3) is 5.91 Å². The number of hydrogen-bond donors (Lipinski definition) is 0. The maximum Gasteiger partial charge on any atom is 0.260 e. The molecular formula is C30H36N4O3S2. The zero-order valence-electron chi connectivity index (χ0n) is 23.4. The van der Waals surface area contributed by atoms with Gasteiger partial charge in [-0.3, -0.25) is 14.7 Å². The lowest BCUT2D eigenvalue weighted by Gasteiger charge is -2.26. The minimum Gasteiger partial charge on any atom is -0.279 e. The fourth-order valence-electron chi connectivity index (χ4n) is 4.53. The monoisotopic (exact) mass is 564 g/mol. The number of anilines is 1. The zero-order chi connectivity index (χ0) is 28.3. The molecule has 0 aliphatic heterocycles. The molecule has 2 aromatic carbocycles. The Balaban J connectivity index is 1.69. The molecule has 0 atom stereocenters. The summed E-state index contributed by atoms with van der Waals surface area (Å²) in [6.45, 7) is 13.3. The number of aromatic nitrogens is 2. The van der Waals surface area contributed by atoms with Crippen molar-refractivity contribution in [2.75, 3.05) is 18.0 Å². The smallest absolute Gasteiger partial charge is 0.260 e. The summed E-state index contributed by atoms with van der Waals surface area (Å²) in [5.74, 6) is 0.140. The van der Waals surface area contributed by atoms with Crippen LogP contribution in [0.15, 0.2) is 65.8 Å². The molecule has 0 aliphatic rings. The average molecular weight is 565 g/mol. The predicted octanol–water partition coefficient (Wildman–Crippen LogP) is 6.46. The highest BCUT2D eigenvalue weighted by Gasteiger charge is 2.27. The van der Waals surface area contributed by atoms with E-state index in [1.54, 1.807) is 33.7 Å². The fraction of sp³-hybridized carbons (Fsp3) is 0.367. The molecule has 0 fully saturated rings. The molecule has 4 rings (SSSR count). The van der Waals surface area contributed by atoms with Crippen LogP contribution in [0.3, 0.4) is 0 Å². The molecule has 0 saturated heterocycles. The number of rotatable bonds is 10. The number of carbonyl (C=O) groups is 1. The van der Waals surface area contributed by atoms with E-state index in [-0.39, 0.29) is 22.6 Å². The van der Waals surface area contributed by atoms with Gasteiger partial charge in [0.1, 0.15) is 0 Å². The van der Waals surface area contributed by atoms with E-state index < -0.39 is 10.0 Å². The van der Waals surface area contributed by atoms with Crippen molar-refractivity contribution in [1.82, 2.24) is 14.3 Å². The van der Waals surface area contributed by atoms with Crippen LogP contribution in [0.5, 0.6) is 0 Å². The minimum absolute atomic E-state index is 0.185. The molecule has 0 N–H and O–H groups in total. The van der Waals surface area contributed by atoms with E-state index in [4.69, 9.17) is 4.98 Å². The Morgan fingerprint density at radius 1 is 0.974 bits per heavy atom. The van der Waals surface area contributed by atoms with Crippen molar-refractivity contribution in [2.45, 2.75) is 53.0 Å². The lowest BCUT2D eigenvalue weighted by molar-refractivity contribution is 0.0985. The van der Waals surface area contributed by atoms with Gasteiger partial charge in [0.2, 0.25) is 10.0 Å². The van der Waals surface area contributed by atoms with Crippen LogP contribution >= 0.6 is 11.3 Å². The third kappa shape index (κ3) is 6.72. The van der Waals surface area contributed by atoms with Crippen molar-refractivity contribution in [2.24, 2.45) is 11.8 Å². The Labute approximate surface area is 235 Å². The maximum atomic E-state index is 13.9. The van der Waals surface area contributed by atoms with Crippen LogP contribution < -0.4 is 4.90 Å². The van der Waals surface area contributed by atoms with E-state index in [1.807, 2.05) is 53.7 Å². The highest BCUT2D eigenvalue weighted by Crippen LogP contribution is 2.33. The highest BCUT2D eigenvalue weighted by atomic mass is 32.2. The van der Waals surface area contributed by atoms with Gasteiger partial charge < -0.3 is 0 Å². The molecular weight excluding hydrogens is 528 g/mol. The third-order valence-corrected chi connectivity index (χ3v) is 9.11. The Kier molecular flexibility index (Phi) is 8.83. The second-order valence-electron chi connectivity index (χ2n) is 10.8. The van der Waals surface area contributed by atoms with Gasteiger partial charge in [0.05, 0.1) is 21.7 Å². The summed E-state index contributed by atoms with van der Waals surface area (Å²) in [4.78, 5) is 24.7. The molecule has 0 aliphatic carbocycles. The third-order valence-electron chi connectivity index (χ3n) is 6.23. The molecule has 0 bridgehead atoms. The molecule has 0 spiro atoms. The predicted molar refractivity (Wildman–Crippen MR) is 159 cm³/mol. The largest absolute Gasteiger partial charge is 0.279 e. The number of benzene rings is 2. The number of aryl methyl sites for hydroxylation is 2. The van der Waals surface area contributed by atoms with Crippen LogP contribution in [-0.4, -0.2) is 41.7 Å². The molecule has 0 radical (unpaired) electrons. The lowest BCUT2D eigenvalue weighted by atomic mass is 10.1. The SMILES string of the molecule is Cc1cc(C)c2nc(N(Cc3cccnc3)C(=O)c3ccc(S(=O)(=O)N(CC(C)C)CC(C)C)cc3)sc2c1. The average Bonchev–Trinajstić information content (AvgIpc) is 3.31. The van der Waals surface area contributed by atoms with Crippen LogP contribution in [0.25, 0.3) is 10.2 Å². The molecule has 39 heavy (non-hydrogen) atoms. The van der Waals surface area contributed by atoms with Gasteiger partial charge >= 0.3 is 0 Å². The van der Waals surface area contributed by atoms with Crippen molar-refractivity contribution >= 4 is 42.6 Å². The van der Waals surface area contributed by atoms with Crippen LogP contribution in [0.2, 0.25) is 0 Å². The summed E-state index contributed by atoms with van der Waals surface area (Å²) >= 11 is 1.47. The van der Waals surface area contributed by atoms with E-state index in [0.29, 0.717) is 30.3 Å². The molecule has 7 nitrogen and oxygen atoms in total. The summed E-state index contributed by atoms with van der Waals surface area (Å²) in [5, 5.41) is 0.587. The van der Waals surface area contributed by atoms with E-state index >= 15 is 0 Å². The molecule has 4 aromatic rings. The van der Waals surface area contributed by atoms with Crippen LogP contribution in [0, 0.1) is 25.7 Å². The lowest BCUT2D eigenvalue weighted by Crippen LogP contribution is -2.37. The van der Waals surface area contributed by atoms with Gasteiger partial charge in [-0.15, -0.1) is 0 Å². The van der Waals surface area contributed by atoms with Crippen LogP contribution in [-0.2, 0) is 16.6 Å². The molecule has 0 saturated carbocycles. The highest BCUT2D eigenvalue weighted by molar-refractivity contribution is 7.89. The Hall–Kier alpha value is -3.14. The number of fused-ring (bicyclic) bond motifs is 1. The molecule has 1 amide bonds. The first kappa shape index (κ1) is 28.9. The van der Waals surface area contributed by atoms with E-state index in [9.17, 15) is 13.2 Å². The van der Waals surface area contributed by atoms with Crippen molar-refractivity contribution in [3.8, 4) is 0 Å². The number of carbonyl (C=O) groups excluding carboxylic acids is 1. The first-order valence-electron chi connectivity index (χ1n) is 13.1. The summed E-state index contributed by atoms with van der Waals surface area (Å²) in [5.41, 5.74) is 4.34. The normalized spacial score (nSPS) is 12.1. The minimum atomic E-state index is -3.69. The quantitative estimate of drug-likeness (QED) is 0.221. The first-order chi connectivity index (χ1) is 18.5. The molecule has 9 heteroatoms. The second kappa shape index (κ2) is 11.9. The van der Waals surface area contributed by atoms with Gasteiger partial charge in [-0.2, -0.15) is 4.31 Å². The number of nitrogens with zero attached hydrogens (tertiary/aromatic N) is 4. The van der Waals surface area contributed by atoms with Crippen molar-refractivity contribution in [1.29, 1.82) is 0 Å². The number of pyridine rings is 1. The summed E-state index contributed by atoms with van der Waals surface area (Å²) in [7, 11) is -3.69. The first-order valence-corrected chi connectivity index (χ1v) is 15.4. The Morgan fingerprint density at radius 2 is 1.64 bits per heavy atom. The van der Waals surface area contributed by atoms with E-state index in [1.165, 1.54) is 23.5 Å². The van der Waals surface area contributed by atoms with Gasteiger partial charge in [-0.1, -0.05) is 51.2 Å². The number of sulfonamides is 1. The second-order valence-corrected chi connectivity index (χ2v) is 13.8. The number of thiazole rings is 1. The Bertz CT molecular complexity index is 1540. The molecule has 2 aromatic heterocycles. The summed E-state index contributed by atoms with van der Waals surface area (Å²) in [6.07, 6.45) is 3.43. The van der Waals surface area contributed by atoms with E-state index in [2.05, 4.69) is 17.1 Å². The van der Waals surface area contributed by atoms with Gasteiger partial charge in [0.15, 0.2) is 5.13 Å². The van der Waals surface area contributed by atoms with E-state index in [0.717, 1.165) is 26.9 Å². The summed E-state index contributed by atoms with van der Waals surface area (Å²) < 4.78 is 29.5. The standard InChI is InChI=1S/C30H36N4O3S2/c1-20(2)17-33(18-21(3)4)39(36,37)26-11-9-25(10-12-26)29(35)34(19-24-8-7-13-31-16-24)30-32-28-23(6)14-22(5)15-27(28)38-30/h7-16,20-21H,17-19H2,1-6H3. The van der Waals surface area contributed by atoms with Crippen molar-refractivity contribution < 1.29 is 13.2 Å². The molecule has 0 unspecified atom stereocenters. The van der Waals surface area contributed by atoms with Gasteiger partial charge in [-0.25, -0.2) is 13.4 Å². The van der Waals surface area contributed by atoms with Crippen LogP contribution in [0.4, 0.5) is 5.13 Å². The van der Waals surface area contributed by atoms with Gasteiger partial charge in [0, 0.05) is 31.0 Å². The number of amides is 1. The topological polar surface area (TPSA) is 83.5 Å². The Morgan fingerprint density at radius 3 is 2.23 bits per heavy atom. The van der Waals surface area contributed by atoms with Crippen molar-refractivity contribution in [3.05, 3.63) is 83.2 Å². The molecule has 2 heterocycles. The summed E-state index contributed by atoms with van der Waals surface area (Å²) in [6, 6.07) is 14.2. The van der Waals surface area contributed by atoms with Crippen molar-refractivity contribution in [3.63, 3.8) is 0 Å². The molecule has 206 valence electrons. The van der Waals surface area contributed by atoms with Gasteiger partial charge in [-0.05, 0) is 78.8 Å². The van der Waals surface area contributed by atoms with Crippen LogP contribution in [0.1, 0.15) is 54.7 Å². The zero-order valence-corrected chi connectivity index (χ0v) is 25.0. The fourth-order valence-corrected chi connectivity index (χ4v) is 7.44. The maximum absolute atomic E-state index is 13.9.